The molecule has 1 unspecified atom stereocenters. The van der Waals surface area contributed by atoms with Crippen LogP contribution < -0.4 is 15.4 Å². The van der Waals surface area contributed by atoms with Crippen LogP contribution in [0, 0.1) is 11.8 Å². The molecular formula is C23H24N2O4. The summed E-state index contributed by atoms with van der Waals surface area (Å²) < 4.78 is 11.4. The van der Waals surface area contributed by atoms with Gasteiger partial charge in [-0.3, -0.25) is 9.59 Å². The molecule has 2 aliphatic heterocycles. The summed E-state index contributed by atoms with van der Waals surface area (Å²) in [5, 5.41) is 5.79. The lowest BCUT2D eigenvalue weighted by Crippen LogP contribution is -2.31. The second kappa shape index (κ2) is 6.59. The number of hydrogen-bond donors (Lipinski definition) is 2. The van der Waals surface area contributed by atoms with Crippen LogP contribution >= 0.6 is 0 Å². The molecule has 2 fully saturated rings. The average molecular weight is 392 g/mol. The predicted molar refractivity (Wildman–Crippen MR) is 107 cm³/mol. The van der Waals surface area contributed by atoms with E-state index >= 15 is 0 Å². The fourth-order valence-electron chi connectivity index (χ4n) is 4.66. The maximum Gasteiger partial charge on any atom is 0.254 e. The van der Waals surface area contributed by atoms with Crippen molar-refractivity contribution in [3.8, 4) is 5.75 Å². The number of rotatable bonds is 4. The van der Waals surface area contributed by atoms with Gasteiger partial charge >= 0.3 is 0 Å². The topological polar surface area (TPSA) is 76.7 Å². The van der Waals surface area contributed by atoms with Gasteiger partial charge in [-0.1, -0.05) is 30.3 Å². The van der Waals surface area contributed by atoms with Crippen LogP contribution in [0.3, 0.4) is 0 Å². The Morgan fingerprint density at radius 1 is 1.07 bits per heavy atom. The van der Waals surface area contributed by atoms with E-state index in [0.717, 1.165) is 11.1 Å². The summed E-state index contributed by atoms with van der Waals surface area (Å²) in [7, 11) is 1.58. The SMILES string of the molecule is CNC(=O)c1cc(C(=O)NC2[C@H]3COC[C@@H]23)cc2c1OC[C@]2(C)c1ccccc1. The Hall–Kier alpha value is -2.86. The summed E-state index contributed by atoms with van der Waals surface area (Å²) in [6, 6.07) is 13.7. The Labute approximate surface area is 169 Å². The van der Waals surface area contributed by atoms with Gasteiger partial charge in [0.15, 0.2) is 0 Å². The van der Waals surface area contributed by atoms with Gasteiger partial charge in [0.2, 0.25) is 0 Å². The Morgan fingerprint density at radius 3 is 2.48 bits per heavy atom. The molecule has 0 spiro atoms. The van der Waals surface area contributed by atoms with Crippen LogP contribution in [0.2, 0.25) is 0 Å². The van der Waals surface area contributed by atoms with E-state index < -0.39 is 5.41 Å². The van der Waals surface area contributed by atoms with E-state index in [1.165, 1.54) is 0 Å². The highest BCUT2D eigenvalue weighted by Gasteiger charge is 2.55. The van der Waals surface area contributed by atoms with Crippen molar-refractivity contribution in [1.29, 1.82) is 0 Å². The third-order valence-electron chi connectivity index (χ3n) is 6.58. The van der Waals surface area contributed by atoms with Crippen molar-refractivity contribution in [2.45, 2.75) is 18.4 Å². The molecule has 29 heavy (non-hydrogen) atoms. The summed E-state index contributed by atoms with van der Waals surface area (Å²) in [5.41, 5.74) is 2.41. The molecule has 2 aromatic carbocycles. The monoisotopic (exact) mass is 392 g/mol. The second-order valence-electron chi connectivity index (χ2n) is 8.33. The van der Waals surface area contributed by atoms with Crippen molar-refractivity contribution in [2.75, 3.05) is 26.9 Å². The molecule has 1 saturated heterocycles. The van der Waals surface area contributed by atoms with Crippen LogP contribution in [-0.2, 0) is 10.2 Å². The van der Waals surface area contributed by atoms with Gasteiger partial charge in [-0.2, -0.15) is 0 Å². The van der Waals surface area contributed by atoms with Gasteiger partial charge in [0.05, 0.1) is 24.2 Å². The fourth-order valence-corrected chi connectivity index (χ4v) is 4.66. The standard InChI is InChI=1S/C23H24N2O4/c1-23(14-6-4-3-5-7-14)12-29-20-15(22(27)24-2)8-13(9-18(20)23)21(26)25-19-16-10-28-11-17(16)19/h3-9,16-17,19H,10-12H2,1-2H3,(H,24,27)(H,25,26)/t16-,17+,19?,23-/m1/s1. The van der Waals surface area contributed by atoms with Crippen LogP contribution in [-0.4, -0.2) is 44.7 Å². The Balaban J connectivity index is 1.54. The molecule has 6 nitrogen and oxygen atoms in total. The molecule has 2 heterocycles. The van der Waals surface area contributed by atoms with Crippen molar-refractivity contribution in [3.63, 3.8) is 0 Å². The van der Waals surface area contributed by atoms with Crippen molar-refractivity contribution in [1.82, 2.24) is 10.6 Å². The van der Waals surface area contributed by atoms with Gasteiger partial charge in [-0.25, -0.2) is 0 Å². The van der Waals surface area contributed by atoms with E-state index in [4.69, 9.17) is 9.47 Å². The number of amides is 2. The van der Waals surface area contributed by atoms with Crippen LogP contribution in [0.25, 0.3) is 0 Å². The number of hydrogen-bond acceptors (Lipinski definition) is 4. The Morgan fingerprint density at radius 2 is 1.79 bits per heavy atom. The molecule has 6 heteroatoms. The molecule has 0 aromatic heterocycles. The highest BCUT2D eigenvalue weighted by atomic mass is 16.5. The van der Waals surface area contributed by atoms with Gasteiger partial charge in [0.1, 0.15) is 12.4 Å². The van der Waals surface area contributed by atoms with Crippen molar-refractivity contribution < 1.29 is 19.1 Å². The largest absolute Gasteiger partial charge is 0.491 e. The van der Waals surface area contributed by atoms with Gasteiger partial charge < -0.3 is 20.1 Å². The van der Waals surface area contributed by atoms with Gasteiger partial charge in [-0.05, 0) is 24.6 Å². The first-order chi connectivity index (χ1) is 14.0. The second-order valence-corrected chi connectivity index (χ2v) is 8.33. The molecule has 0 bridgehead atoms. The molecule has 150 valence electrons. The van der Waals surface area contributed by atoms with Gasteiger partial charge in [0, 0.05) is 36.1 Å². The van der Waals surface area contributed by atoms with Gasteiger partial charge in [-0.15, -0.1) is 0 Å². The number of fused-ring (bicyclic) bond motifs is 2. The van der Waals surface area contributed by atoms with Crippen molar-refractivity contribution in [3.05, 3.63) is 64.7 Å². The van der Waals surface area contributed by atoms with E-state index in [-0.39, 0.29) is 17.9 Å². The molecule has 2 aromatic rings. The third kappa shape index (κ3) is 2.82. The zero-order valence-electron chi connectivity index (χ0n) is 16.5. The first-order valence-corrected chi connectivity index (χ1v) is 10.0. The quantitative estimate of drug-likeness (QED) is 0.836. The van der Waals surface area contributed by atoms with Gasteiger partial charge in [0.25, 0.3) is 11.8 Å². The van der Waals surface area contributed by atoms with E-state index in [9.17, 15) is 9.59 Å². The van der Waals surface area contributed by atoms with Crippen LogP contribution in [0.4, 0.5) is 0 Å². The Bertz CT molecular complexity index is 980. The zero-order chi connectivity index (χ0) is 20.2. The smallest absolute Gasteiger partial charge is 0.254 e. The lowest BCUT2D eigenvalue weighted by Gasteiger charge is -2.24. The average Bonchev–Trinajstić information content (AvgIpc) is 3.09. The van der Waals surface area contributed by atoms with Crippen molar-refractivity contribution in [2.24, 2.45) is 11.8 Å². The molecule has 0 radical (unpaired) electrons. The molecule has 5 rings (SSSR count). The summed E-state index contributed by atoms with van der Waals surface area (Å²) >= 11 is 0. The van der Waals surface area contributed by atoms with E-state index in [0.29, 0.717) is 48.5 Å². The first kappa shape index (κ1) is 18.2. The zero-order valence-corrected chi connectivity index (χ0v) is 16.5. The van der Waals surface area contributed by atoms with E-state index in [1.807, 2.05) is 24.3 Å². The molecule has 2 amide bonds. The summed E-state index contributed by atoms with van der Waals surface area (Å²) in [5.74, 6) is 0.989. The highest BCUT2D eigenvalue weighted by molar-refractivity contribution is 6.02. The molecule has 3 aliphatic rings. The minimum atomic E-state index is -0.431. The maximum absolute atomic E-state index is 13.0. The van der Waals surface area contributed by atoms with E-state index in [2.05, 4.69) is 29.7 Å². The first-order valence-electron chi connectivity index (χ1n) is 10.0. The summed E-state index contributed by atoms with van der Waals surface area (Å²) in [6.45, 7) is 3.93. The maximum atomic E-state index is 13.0. The van der Waals surface area contributed by atoms with E-state index in [1.54, 1.807) is 13.1 Å². The number of benzene rings is 2. The van der Waals surface area contributed by atoms with Crippen molar-refractivity contribution >= 4 is 11.8 Å². The summed E-state index contributed by atoms with van der Waals surface area (Å²) in [6.07, 6.45) is 0. The summed E-state index contributed by atoms with van der Waals surface area (Å²) in [4.78, 5) is 25.6. The number of carbonyl (C=O) groups is 2. The predicted octanol–water partition coefficient (Wildman–Crippen LogP) is 2.12. The lowest BCUT2D eigenvalue weighted by atomic mass is 9.77. The number of nitrogens with one attached hydrogen (secondary N) is 2. The van der Waals surface area contributed by atoms with Crippen LogP contribution in [0.5, 0.6) is 5.75 Å². The molecule has 1 aliphatic carbocycles. The molecule has 1 saturated carbocycles. The van der Waals surface area contributed by atoms with Crippen LogP contribution in [0.15, 0.2) is 42.5 Å². The minimum absolute atomic E-state index is 0.153. The molecule has 2 N–H and O–H groups in total. The number of ether oxygens (including phenoxy) is 2. The number of carbonyl (C=O) groups excluding carboxylic acids is 2. The molecule has 4 atom stereocenters. The third-order valence-corrected chi connectivity index (χ3v) is 6.58. The highest BCUT2D eigenvalue weighted by Crippen LogP contribution is 2.46. The molecular weight excluding hydrogens is 368 g/mol. The van der Waals surface area contributed by atoms with Crippen LogP contribution in [0.1, 0.15) is 38.8 Å². The Kier molecular flexibility index (Phi) is 4.13. The normalized spacial score (nSPS) is 28.8. The lowest BCUT2D eigenvalue weighted by molar-refractivity contribution is 0.0929. The minimum Gasteiger partial charge on any atom is -0.491 e. The fraction of sp³-hybridized carbons (Fsp3) is 0.391.